The molecule has 1 saturated heterocycles. The van der Waals surface area contributed by atoms with Gasteiger partial charge in [-0.3, -0.25) is 9.59 Å². The van der Waals surface area contributed by atoms with E-state index in [1.807, 2.05) is 0 Å². The van der Waals surface area contributed by atoms with Crippen molar-refractivity contribution in [2.75, 3.05) is 17.7 Å². The molecule has 0 spiro atoms. The Balaban J connectivity index is 1.51. The van der Waals surface area contributed by atoms with Gasteiger partial charge in [0.25, 0.3) is 0 Å². The number of nitrogen functional groups attached to an aromatic ring is 1. The Bertz CT molecular complexity index is 1020. The summed E-state index contributed by atoms with van der Waals surface area (Å²) in [7, 11) is 0. The number of amides is 2. The number of carbonyl (C=O) groups excluding carboxylic acids is 3. The van der Waals surface area contributed by atoms with E-state index in [1.54, 1.807) is 61.7 Å². The number of benzene rings is 2. The molecule has 31 heavy (non-hydrogen) atoms. The quantitative estimate of drug-likeness (QED) is 0.262. The fraction of sp³-hybridized carbons (Fsp3) is 0.190. The van der Waals surface area contributed by atoms with E-state index in [1.165, 1.54) is 0 Å². The van der Waals surface area contributed by atoms with Gasteiger partial charge < -0.3 is 21.1 Å². The summed E-state index contributed by atoms with van der Waals surface area (Å²) in [5.41, 5.74) is 8.01. The third-order valence-electron chi connectivity index (χ3n) is 4.12. The maximum absolute atomic E-state index is 12.3. The molecule has 160 valence electrons. The summed E-state index contributed by atoms with van der Waals surface area (Å²) in [6, 6.07) is 13.4. The van der Waals surface area contributed by atoms with Crippen LogP contribution in [0.15, 0.2) is 58.7 Å². The molecule has 0 aromatic heterocycles. The molecule has 0 bridgehead atoms. The Morgan fingerprint density at radius 2 is 1.90 bits per heavy atom. The SMILES string of the molecule is CCOC(=O)c1ccc(NC(=O)C[C@@H]2S/C(=N\N=C/c3ccc(N)cc3)NC2=O)cc1. The second-order valence-electron chi connectivity index (χ2n) is 6.46. The van der Waals surface area contributed by atoms with Crippen LogP contribution in [-0.4, -0.2) is 41.0 Å². The van der Waals surface area contributed by atoms with E-state index in [0.717, 1.165) is 17.3 Å². The zero-order valence-electron chi connectivity index (χ0n) is 16.7. The van der Waals surface area contributed by atoms with Gasteiger partial charge in [0.1, 0.15) is 5.25 Å². The van der Waals surface area contributed by atoms with Crippen molar-refractivity contribution in [3.63, 3.8) is 0 Å². The largest absolute Gasteiger partial charge is 0.462 e. The minimum Gasteiger partial charge on any atom is -0.462 e. The molecule has 1 fully saturated rings. The first-order valence-electron chi connectivity index (χ1n) is 9.45. The monoisotopic (exact) mass is 439 g/mol. The second-order valence-corrected chi connectivity index (χ2v) is 7.65. The van der Waals surface area contributed by atoms with Crippen molar-refractivity contribution in [2.45, 2.75) is 18.6 Å². The number of carbonyl (C=O) groups is 3. The van der Waals surface area contributed by atoms with Crippen molar-refractivity contribution in [1.82, 2.24) is 5.32 Å². The second kappa shape index (κ2) is 10.4. The summed E-state index contributed by atoms with van der Waals surface area (Å²) in [5, 5.41) is 13.0. The maximum Gasteiger partial charge on any atom is 0.338 e. The summed E-state index contributed by atoms with van der Waals surface area (Å²) >= 11 is 1.14. The number of rotatable bonds is 7. The fourth-order valence-electron chi connectivity index (χ4n) is 2.60. The van der Waals surface area contributed by atoms with Crippen LogP contribution in [-0.2, 0) is 14.3 Å². The molecule has 1 heterocycles. The molecule has 9 nitrogen and oxygen atoms in total. The molecule has 1 atom stereocenters. The van der Waals surface area contributed by atoms with E-state index in [9.17, 15) is 14.4 Å². The minimum absolute atomic E-state index is 0.0309. The molecule has 3 rings (SSSR count). The third-order valence-corrected chi connectivity index (χ3v) is 5.19. The first-order valence-corrected chi connectivity index (χ1v) is 10.3. The maximum atomic E-state index is 12.3. The molecule has 0 saturated carbocycles. The average molecular weight is 439 g/mol. The van der Waals surface area contributed by atoms with Gasteiger partial charge in [-0.2, -0.15) is 5.10 Å². The molecule has 0 unspecified atom stereocenters. The van der Waals surface area contributed by atoms with Gasteiger partial charge in [-0.15, -0.1) is 5.10 Å². The Hall–Kier alpha value is -3.66. The molecule has 4 N–H and O–H groups in total. The van der Waals surface area contributed by atoms with Crippen LogP contribution in [0, 0.1) is 0 Å². The summed E-state index contributed by atoms with van der Waals surface area (Å²) in [6.07, 6.45) is 1.51. The van der Waals surface area contributed by atoms with E-state index in [2.05, 4.69) is 20.8 Å². The van der Waals surface area contributed by atoms with Crippen molar-refractivity contribution in [3.8, 4) is 0 Å². The first-order chi connectivity index (χ1) is 14.9. The molecule has 2 aromatic carbocycles. The zero-order chi connectivity index (χ0) is 22.2. The van der Waals surface area contributed by atoms with Gasteiger partial charge in [0.05, 0.1) is 18.4 Å². The van der Waals surface area contributed by atoms with Crippen molar-refractivity contribution >= 4 is 52.3 Å². The standard InChI is InChI=1S/C21H21N5O4S/c1-2-30-20(29)14-5-9-16(10-6-14)24-18(27)11-17-19(28)25-21(31-17)26-23-12-13-3-7-15(22)8-4-13/h3-10,12,17H,2,11,22H2,1H3,(H,24,27)(H,25,26,28)/b23-12-/t17-/m0/s1. The lowest BCUT2D eigenvalue weighted by molar-refractivity contribution is -0.122. The van der Waals surface area contributed by atoms with Crippen molar-refractivity contribution in [3.05, 3.63) is 59.7 Å². The van der Waals surface area contributed by atoms with Crippen LogP contribution in [0.25, 0.3) is 0 Å². The molecule has 0 radical (unpaired) electrons. The predicted molar refractivity (Wildman–Crippen MR) is 121 cm³/mol. The van der Waals surface area contributed by atoms with Gasteiger partial charge in [-0.05, 0) is 48.9 Å². The van der Waals surface area contributed by atoms with Crippen LogP contribution in [0.5, 0.6) is 0 Å². The van der Waals surface area contributed by atoms with Crippen LogP contribution in [0.3, 0.4) is 0 Å². The van der Waals surface area contributed by atoms with Gasteiger partial charge in [0.2, 0.25) is 11.8 Å². The summed E-state index contributed by atoms with van der Waals surface area (Å²) < 4.78 is 4.92. The highest BCUT2D eigenvalue weighted by Crippen LogP contribution is 2.23. The molecule has 10 heteroatoms. The van der Waals surface area contributed by atoms with E-state index in [0.29, 0.717) is 22.1 Å². The molecule has 2 amide bonds. The van der Waals surface area contributed by atoms with Gasteiger partial charge in [0.15, 0.2) is 5.17 Å². The third kappa shape index (κ3) is 6.41. The summed E-state index contributed by atoms with van der Waals surface area (Å²) in [5.74, 6) is -1.06. The van der Waals surface area contributed by atoms with Gasteiger partial charge in [0, 0.05) is 17.8 Å². The van der Waals surface area contributed by atoms with Gasteiger partial charge >= 0.3 is 5.97 Å². The Kier molecular flexibility index (Phi) is 7.39. The highest BCUT2D eigenvalue weighted by molar-refractivity contribution is 8.15. The summed E-state index contributed by atoms with van der Waals surface area (Å²) in [6.45, 7) is 2.02. The highest BCUT2D eigenvalue weighted by Gasteiger charge is 2.32. The van der Waals surface area contributed by atoms with Crippen molar-refractivity contribution in [2.24, 2.45) is 10.2 Å². The molecular weight excluding hydrogens is 418 g/mol. The van der Waals surface area contributed by atoms with Crippen LogP contribution in [0.2, 0.25) is 0 Å². The van der Waals surface area contributed by atoms with Crippen molar-refractivity contribution < 1.29 is 19.1 Å². The number of hydrogen-bond acceptors (Lipinski definition) is 8. The van der Waals surface area contributed by atoms with E-state index < -0.39 is 11.2 Å². The summed E-state index contributed by atoms with van der Waals surface area (Å²) in [4.78, 5) is 36.1. The number of hydrogen-bond donors (Lipinski definition) is 3. The minimum atomic E-state index is -0.607. The number of nitrogens with two attached hydrogens (primary N) is 1. The number of nitrogens with zero attached hydrogens (tertiary/aromatic N) is 2. The number of anilines is 2. The number of nitrogens with one attached hydrogen (secondary N) is 2. The number of amidine groups is 1. The molecule has 1 aliphatic rings. The zero-order valence-corrected chi connectivity index (χ0v) is 17.5. The Morgan fingerprint density at radius 1 is 1.19 bits per heavy atom. The number of ether oxygens (including phenoxy) is 1. The number of thioether (sulfide) groups is 1. The molecule has 0 aliphatic carbocycles. The lowest BCUT2D eigenvalue weighted by atomic mass is 10.2. The number of esters is 1. The van der Waals surface area contributed by atoms with Crippen LogP contribution in [0.4, 0.5) is 11.4 Å². The van der Waals surface area contributed by atoms with Crippen molar-refractivity contribution in [1.29, 1.82) is 0 Å². The average Bonchev–Trinajstić information content (AvgIpc) is 3.09. The van der Waals surface area contributed by atoms with Gasteiger partial charge in [-0.25, -0.2) is 4.79 Å². The molecule has 1 aliphatic heterocycles. The Morgan fingerprint density at radius 3 is 2.58 bits per heavy atom. The van der Waals surface area contributed by atoms with E-state index in [-0.39, 0.29) is 24.8 Å². The topological polar surface area (TPSA) is 135 Å². The van der Waals surface area contributed by atoms with Crippen LogP contribution < -0.4 is 16.4 Å². The fourth-order valence-corrected chi connectivity index (χ4v) is 3.53. The smallest absolute Gasteiger partial charge is 0.338 e. The lowest BCUT2D eigenvalue weighted by Crippen LogP contribution is -2.28. The van der Waals surface area contributed by atoms with Crippen LogP contribution >= 0.6 is 11.8 Å². The van der Waals surface area contributed by atoms with E-state index >= 15 is 0 Å². The highest BCUT2D eigenvalue weighted by atomic mass is 32.2. The molecular formula is C21H21N5O4S. The lowest BCUT2D eigenvalue weighted by Gasteiger charge is -2.08. The van der Waals surface area contributed by atoms with Crippen LogP contribution in [0.1, 0.15) is 29.3 Å². The Labute approximate surface area is 183 Å². The predicted octanol–water partition coefficient (Wildman–Crippen LogP) is 2.40. The van der Waals surface area contributed by atoms with Gasteiger partial charge in [-0.1, -0.05) is 23.9 Å². The normalized spacial score (nSPS) is 17.0. The van der Waals surface area contributed by atoms with E-state index in [4.69, 9.17) is 10.5 Å². The first kappa shape index (κ1) is 22.0. The molecule has 2 aromatic rings.